The number of benzene rings is 2. The minimum Gasteiger partial charge on any atom is -0.330 e. The molecule has 2 aromatic heterocycles. The Bertz CT molecular complexity index is 1340. The molecule has 1 fully saturated rings. The highest BCUT2D eigenvalue weighted by molar-refractivity contribution is 7.99. The van der Waals surface area contributed by atoms with E-state index in [1.54, 1.807) is 23.4 Å². The maximum atomic E-state index is 13.2. The Morgan fingerprint density at radius 1 is 1.09 bits per heavy atom. The first-order valence-corrected chi connectivity index (χ1v) is 12.2. The van der Waals surface area contributed by atoms with Gasteiger partial charge in [-0.05, 0) is 36.6 Å². The molecule has 0 bridgehead atoms. The summed E-state index contributed by atoms with van der Waals surface area (Å²) in [7, 11) is 1.95. The Morgan fingerprint density at radius 3 is 2.71 bits per heavy atom. The lowest BCUT2D eigenvalue weighted by molar-refractivity contribution is -0.134. The Morgan fingerprint density at radius 2 is 1.88 bits per heavy atom. The maximum Gasteiger partial charge on any atom is 0.247 e. The molecular formula is C26H25N5O2S. The van der Waals surface area contributed by atoms with Gasteiger partial charge in [-0.3, -0.25) is 14.6 Å². The first-order chi connectivity index (χ1) is 16.6. The van der Waals surface area contributed by atoms with E-state index in [0.717, 1.165) is 33.7 Å². The zero-order valence-electron chi connectivity index (χ0n) is 18.8. The molecule has 34 heavy (non-hydrogen) atoms. The summed E-state index contributed by atoms with van der Waals surface area (Å²) in [5.41, 5.74) is 4.46. The van der Waals surface area contributed by atoms with E-state index in [-0.39, 0.29) is 17.6 Å². The fraction of sp³-hybridized carbons (Fsp3) is 0.231. The summed E-state index contributed by atoms with van der Waals surface area (Å²) in [6.45, 7) is 0.585. The molecular weight excluding hydrogens is 446 g/mol. The number of carbonyl (C=O) groups is 2. The number of anilines is 1. The summed E-state index contributed by atoms with van der Waals surface area (Å²) in [5, 5.41) is 3.83. The molecule has 0 aliphatic carbocycles. The number of carbonyl (C=O) groups excluding carboxylic acids is 2. The molecule has 2 aromatic carbocycles. The third kappa shape index (κ3) is 4.41. The Kier molecular flexibility index (Phi) is 6.31. The fourth-order valence-corrected chi connectivity index (χ4v) is 5.24. The van der Waals surface area contributed by atoms with Crippen molar-refractivity contribution in [3.8, 4) is 11.1 Å². The Hall–Kier alpha value is -3.65. The monoisotopic (exact) mass is 471 g/mol. The van der Waals surface area contributed by atoms with Gasteiger partial charge >= 0.3 is 0 Å². The first-order valence-electron chi connectivity index (χ1n) is 11.3. The molecule has 3 heterocycles. The number of aromatic nitrogens is 3. The van der Waals surface area contributed by atoms with Crippen molar-refractivity contribution in [1.29, 1.82) is 0 Å². The number of rotatable bonds is 6. The number of hydrogen-bond acceptors (Lipinski definition) is 5. The van der Waals surface area contributed by atoms with E-state index in [1.165, 1.54) is 11.8 Å². The molecule has 0 saturated carbocycles. The van der Waals surface area contributed by atoms with Crippen LogP contribution in [0.5, 0.6) is 0 Å². The highest BCUT2D eigenvalue weighted by atomic mass is 32.2. The SMILES string of the molecule is Cn1c(SCC(=O)N2CCC[C@H]2C(=O)Nc2ccncc2-c2ccccc2)nc2ccccc21. The second kappa shape index (κ2) is 9.69. The molecule has 1 aliphatic rings. The normalized spacial score (nSPS) is 15.6. The summed E-state index contributed by atoms with van der Waals surface area (Å²) < 4.78 is 2.00. The molecule has 4 aromatic rings. The van der Waals surface area contributed by atoms with Crippen molar-refractivity contribution in [3.05, 3.63) is 73.1 Å². The predicted molar refractivity (Wildman–Crippen MR) is 134 cm³/mol. The third-order valence-corrected chi connectivity index (χ3v) is 7.13. The van der Waals surface area contributed by atoms with Crippen molar-refractivity contribution >= 4 is 40.3 Å². The smallest absolute Gasteiger partial charge is 0.247 e. The van der Waals surface area contributed by atoms with Crippen molar-refractivity contribution in [2.24, 2.45) is 7.05 Å². The number of aryl methyl sites for hydroxylation is 1. The summed E-state index contributed by atoms with van der Waals surface area (Å²) in [6, 6.07) is 19.0. The van der Waals surface area contributed by atoms with Crippen LogP contribution in [0.3, 0.4) is 0 Å². The van der Waals surface area contributed by atoms with Gasteiger partial charge in [0.25, 0.3) is 0 Å². The standard InChI is InChI=1S/C26H25N5O2S/c1-30-22-11-6-5-10-21(22)29-26(30)34-17-24(32)31-15-7-12-23(31)25(33)28-20-13-14-27-16-19(20)18-8-3-2-4-9-18/h2-6,8-11,13-14,16,23H,7,12,15,17H2,1H3,(H,27,28,33)/t23-/m0/s1. The molecule has 2 amide bonds. The highest BCUT2D eigenvalue weighted by Crippen LogP contribution is 2.29. The minimum absolute atomic E-state index is 0.0484. The van der Waals surface area contributed by atoms with Crippen LogP contribution < -0.4 is 5.32 Å². The molecule has 1 atom stereocenters. The van der Waals surface area contributed by atoms with Gasteiger partial charge in [0.2, 0.25) is 11.8 Å². The van der Waals surface area contributed by atoms with Gasteiger partial charge in [-0.2, -0.15) is 0 Å². The van der Waals surface area contributed by atoms with Crippen molar-refractivity contribution in [1.82, 2.24) is 19.4 Å². The van der Waals surface area contributed by atoms with E-state index in [4.69, 9.17) is 0 Å². The van der Waals surface area contributed by atoms with E-state index < -0.39 is 6.04 Å². The molecule has 1 saturated heterocycles. The van der Waals surface area contributed by atoms with Crippen molar-refractivity contribution < 1.29 is 9.59 Å². The zero-order chi connectivity index (χ0) is 23.5. The van der Waals surface area contributed by atoms with Crippen LogP contribution >= 0.6 is 11.8 Å². The van der Waals surface area contributed by atoms with E-state index in [1.807, 2.05) is 66.2 Å². The van der Waals surface area contributed by atoms with Crippen LogP contribution in [0.4, 0.5) is 5.69 Å². The quantitative estimate of drug-likeness (QED) is 0.423. The number of thioether (sulfide) groups is 1. The molecule has 172 valence electrons. The van der Waals surface area contributed by atoms with E-state index in [9.17, 15) is 9.59 Å². The van der Waals surface area contributed by atoms with Gasteiger partial charge in [-0.25, -0.2) is 4.98 Å². The number of imidazole rings is 1. The number of hydrogen-bond donors (Lipinski definition) is 1. The van der Waals surface area contributed by atoms with E-state index >= 15 is 0 Å². The molecule has 8 heteroatoms. The zero-order valence-corrected chi connectivity index (χ0v) is 19.7. The van der Waals surface area contributed by atoms with Crippen LogP contribution in [0, 0.1) is 0 Å². The summed E-state index contributed by atoms with van der Waals surface area (Å²) in [6.07, 6.45) is 4.87. The van der Waals surface area contributed by atoms with Crippen LogP contribution in [0.1, 0.15) is 12.8 Å². The Labute approximate surface area is 202 Å². The van der Waals surface area contributed by atoms with Crippen LogP contribution in [0.2, 0.25) is 0 Å². The number of nitrogens with one attached hydrogen (secondary N) is 1. The molecule has 5 rings (SSSR count). The number of para-hydroxylation sites is 2. The highest BCUT2D eigenvalue weighted by Gasteiger charge is 2.34. The topological polar surface area (TPSA) is 80.1 Å². The van der Waals surface area contributed by atoms with E-state index in [0.29, 0.717) is 18.7 Å². The van der Waals surface area contributed by atoms with Gasteiger partial charge in [-0.1, -0.05) is 54.2 Å². The van der Waals surface area contributed by atoms with Crippen LogP contribution in [-0.4, -0.2) is 49.6 Å². The first kappa shape index (κ1) is 22.2. The second-order valence-corrected chi connectivity index (χ2v) is 9.19. The van der Waals surface area contributed by atoms with E-state index in [2.05, 4.69) is 15.3 Å². The predicted octanol–water partition coefficient (Wildman–Crippen LogP) is 4.36. The minimum atomic E-state index is -0.481. The number of likely N-dealkylation sites (tertiary alicyclic amines) is 1. The lowest BCUT2D eigenvalue weighted by Crippen LogP contribution is -2.44. The van der Waals surface area contributed by atoms with Gasteiger partial charge in [-0.15, -0.1) is 0 Å². The molecule has 0 spiro atoms. The lowest BCUT2D eigenvalue weighted by atomic mass is 10.1. The summed E-state index contributed by atoms with van der Waals surface area (Å²) in [5.74, 6) is 0.0283. The van der Waals surface area contributed by atoms with Gasteiger partial charge in [0.05, 0.1) is 22.5 Å². The Balaban J connectivity index is 1.27. The fourth-order valence-electron chi connectivity index (χ4n) is 4.37. The molecule has 1 N–H and O–H groups in total. The van der Waals surface area contributed by atoms with Crippen molar-refractivity contribution in [2.75, 3.05) is 17.6 Å². The van der Waals surface area contributed by atoms with Gasteiger partial charge in [0.15, 0.2) is 5.16 Å². The largest absolute Gasteiger partial charge is 0.330 e. The number of nitrogens with zero attached hydrogens (tertiary/aromatic N) is 4. The summed E-state index contributed by atoms with van der Waals surface area (Å²) >= 11 is 1.41. The number of fused-ring (bicyclic) bond motifs is 1. The summed E-state index contributed by atoms with van der Waals surface area (Å²) in [4.78, 5) is 36.8. The van der Waals surface area contributed by atoms with Crippen LogP contribution in [-0.2, 0) is 16.6 Å². The maximum absolute atomic E-state index is 13.2. The van der Waals surface area contributed by atoms with Crippen molar-refractivity contribution in [2.45, 2.75) is 24.0 Å². The third-order valence-electron chi connectivity index (χ3n) is 6.11. The van der Waals surface area contributed by atoms with Crippen LogP contribution in [0.15, 0.2) is 78.2 Å². The van der Waals surface area contributed by atoms with Gasteiger partial charge < -0.3 is 14.8 Å². The molecule has 0 radical (unpaired) electrons. The molecule has 0 unspecified atom stereocenters. The van der Waals surface area contributed by atoms with Crippen molar-refractivity contribution in [3.63, 3.8) is 0 Å². The average molecular weight is 472 g/mol. The van der Waals surface area contributed by atoms with Gasteiger partial charge in [0.1, 0.15) is 6.04 Å². The molecule has 1 aliphatic heterocycles. The van der Waals surface area contributed by atoms with Gasteiger partial charge in [0, 0.05) is 31.5 Å². The second-order valence-electron chi connectivity index (χ2n) is 8.25. The number of pyridine rings is 1. The van der Waals surface area contributed by atoms with Crippen LogP contribution in [0.25, 0.3) is 22.2 Å². The molecule has 7 nitrogen and oxygen atoms in total. The average Bonchev–Trinajstić information content (AvgIpc) is 3.49. The number of amides is 2. The lowest BCUT2D eigenvalue weighted by Gasteiger charge is -2.24.